The van der Waals surface area contributed by atoms with Crippen LogP contribution in [0.4, 0.5) is 20.2 Å². The minimum Gasteiger partial charge on any atom is -0.384 e. The van der Waals surface area contributed by atoms with Crippen LogP contribution in [0.3, 0.4) is 0 Å². The van der Waals surface area contributed by atoms with Gasteiger partial charge in [-0.2, -0.15) is 5.26 Å². The number of amides is 1. The molecule has 2 N–H and O–H groups in total. The van der Waals surface area contributed by atoms with E-state index in [9.17, 15) is 13.6 Å². The highest BCUT2D eigenvalue weighted by Gasteiger charge is 2.05. The summed E-state index contributed by atoms with van der Waals surface area (Å²) < 4.78 is 25.8. The summed E-state index contributed by atoms with van der Waals surface area (Å²) in [5.41, 5.74) is 1.40. The summed E-state index contributed by atoms with van der Waals surface area (Å²) in [6.07, 6.45) is 0.149. The minimum atomic E-state index is -0.942. The fourth-order valence-corrected chi connectivity index (χ4v) is 1.82. The molecule has 0 heterocycles. The van der Waals surface area contributed by atoms with E-state index in [0.29, 0.717) is 16.9 Å². The molecular formula is C16H13F2N3O. The van der Waals surface area contributed by atoms with E-state index in [1.807, 2.05) is 6.07 Å². The fraction of sp³-hybridized carbons (Fsp3) is 0.125. The molecule has 0 aliphatic carbocycles. The number of carbonyl (C=O) groups is 1. The Bertz CT molecular complexity index is 726. The van der Waals surface area contributed by atoms with Crippen molar-refractivity contribution in [2.75, 3.05) is 17.2 Å². The number of benzene rings is 2. The Kier molecular flexibility index (Phi) is 5.04. The van der Waals surface area contributed by atoms with Crippen LogP contribution in [0.25, 0.3) is 0 Å². The number of nitrogens with one attached hydrogen (secondary N) is 2. The monoisotopic (exact) mass is 301 g/mol. The normalized spacial score (nSPS) is 9.86. The highest BCUT2D eigenvalue weighted by atomic mass is 19.2. The highest BCUT2D eigenvalue weighted by Crippen LogP contribution is 2.13. The zero-order valence-corrected chi connectivity index (χ0v) is 11.6. The predicted octanol–water partition coefficient (Wildman–Crippen LogP) is 3.28. The molecule has 0 aliphatic heterocycles. The lowest BCUT2D eigenvalue weighted by molar-refractivity contribution is -0.115. The lowest BCUT2D eigenvalue weighted by atomic mass is 10.2. The van der Waals surface area contributed by atoms with Gasteiger partial charge in [0.1, 0.15) is 0 Å². The lowest BCUT2D eigenvalue weighted by Gasteiger charge is -2.08. The van der Waals surface area contributed by atoms with Crippen molar-refractivity contribution >= 4 is 17.3 Å². The summed E-state index contributed by atoms with van der Waals surface area (Å²) >= 11 is 0. The molecule has 0 bridgehead atoms. The predicted molar refractivity (Wildman–Crippen MR) is 79.3 cm³/mol. The van der Waals surface area contributed by atoms with Crippen LogP contribution in [0.15, 0.2) is 42.5 Å². The molecule has 0 radical (unpaired) electrons. The molecule has 112 valence electrons. The summed E-state index contributed by atoms with van der Waals surface area (Å²) in [7, 11) is 0. The van der Waals surface area contributed by atoms with Crippen LogP contribution in [0.5, 0.6) is 0 Å². The highest BCUT2D eigenvalue weighted by molar-refractivity contribution is 5.91. The molecule has 0 atom stereocenters. The van der Waals surface area contributed by atoms with Crippen LogP contribution >= 0.6 is 0 Å². The van der Waals surface area contributed by atoms with Gasteiger partial charge in [-0.25, -0.2) is 8.78 Å². The summed E-state index contributed by atoms with van der Waals surface area (Å²) in [5, 5.41) is 14.3. The van der Waals surface area contributed by atoms with Crippen molar-refractivity contribution < 1.29 is 13.6 Å². The number of anilines is 2. The Morgan fingerprint density at radius 1 is 1.09 bits per heavy atom. The average Bonchev–Trinajstić information content (AvgIpc) is 2.51. The van der Waals surface area contributed by atoms with Crippen molar-refractivity contribution in [1.82, 2.24) is 0 Å². The molecule has 0 saturated carbocycles. The van der Waals surface area contributed by atoms with E-state index >= 15 is 0 Å². The van der Waals surface area contributed by atoms with Crippen molar-refractivity contribution in [3.8, 4) is 6.07 Å². The number of hydrogen-bond acceptors (Lipinski definition) is 3. The van der Waals surface area contributed by atoms with Crippen LogP contribution in [-0.2, 0) is 4.79 Å². The zero-order valence-electron chi connectivity index (χ0n) is 11.6. The second-order valence-corrected chi connectivity index (χ2v) is 4.55. The molecule has 0 aliphatic rings. The van der Waals surface area contributed by atoms with Crippen LogP contribution < -0.4 is 10.6 Å². The number of nitriles is 1. The maximum absolute atomic E-state index is 13.0. The van der Waals surface area contributed by atoms with Gasteiger partial charge in [-0.1, -0.05) is 6.07 Å². The van der Waals surface area contributed by atoms with E-state index in [1.165, 1.54) is 6.07 Å². The van der Waals surface area contributed by atoms with Crippen LogP contribution in [0.1, 0.15) is 12.0 Å². The smallest absolute Gasteiger partial charge is 0.226 e. The first-order valence-electron chi connectivity index (χ1n) is 6.57. The molecule has 0 aromatic heterocycles. The van der Waals surface area contributed by atoms with E-state index in [2.05, 4.69) is 10.6 Å². The van der Waals surface area contributed by atoms with Crippen molar-refractivity contribution in [2.45, 2.75) is 6.42 Å². The molecule has 0 spiro atoms. The topological polar surface area (TPSA) is 64.9 Å². The van der Waals surface area contributed by atoms with Gasteiger partial charge in [0, 0.05) is 24.3 Å². The van der Waals surface area contributed by atoms with Crippen molar-refractivity contribution in [3.63, 3.8) is 0 Å². The second-order valence-electron chi connectivity index (χ2n) is 4.55. The third-order valence-corrected chi connectivity index (χ3v) is 2.88. The Labute approximate surface area is 126 Å². The van der Waals surface area contributed by atoms with Crippen LogP contribution in [0, 0.1) is 23.0 Å². The molecule has 0 saturated heterocycles. The molecule has 2 rings (SSSR count). The summed E-state index contributed by atoms with van der Waals surface area (Å²) in [6.45, 7) is 0.273. The maximum atomic E-state index is 13.0. The molecule has 0 fully saturated rings. The fourth-order valence-electron chi connectivity index (χ4n) is 1.82. The largest absolute Gasteiger partial charge is 0.384 e. The third-order valence-electron chi connectivity index (χ3n) is 2.88. The Hall–Kier alpha value is -2.94. The number of carbonyl (C=O) groups excluding carboxylic acids is 1. The van der Waals surface area contributed by atoms with Gasteiger partial charge in [0.2, 0.25) is 5.91 Å². The molecule has 2 aromatic rings. The lowest BCUT2D eigenvalue weighted by Crippen LogP contribution is -2.16. The summed E-state index contributed by atoms with van der Waals surface area (Å²) in [4.78, 5) is 11.8. The molecule has 6 heteroatoms. The maximum Gasteiger partial charge on any atom is 0.226 e. The van der Waals surface area contributed by atoms with Gasteiger partial charge in [-0.3, -0.25) is 4.79 Å². The van der Waals surface area contributed by atoms with Gasteiger partial charge >= 0.3 is 0 Å². The zero-order chi connectivity index (χ0) is 15.9. The first kappa shape index (κ1) is 15.4. The Morgan fingerprint density at radius 3 is 2.64 bits per heavy atom. The van der Waals surface area contributed by atoms with E-state index in [0.717, 1.165) is 12.1 Å². The number of rotatable bonds is 5. The number of hydrogen-bond donors (Lipinski definition) is 2. The summed E-state index contributed by atoms with van der Waals surface area (Å²) in [5.74, 6) is -2.10. The number of halogens is 2. The first-order valence-corrected chi connectivity index (χ1v) is 6.57. The van der Waals surface area contributed by atoms with E-state index < -0.39 is 11.6 Å². The van der Waals surface area contributed by atoms with Crippen molar-refractivity contribution in [3.05, 3.63) is 59.7 Å². The van der Waals surface area contributed by atoms with E-state index in [1.54, 1.807) is 24.3 Å². The Morgan fingerprint density at radius 2 is 1.91 bits per heavy atom. The van der Waals surface area contributed by atoms with Gasteiger partial charge < -0.3 is 10.6 Å². The van der Waals surface area contributed by atoms with Gasteiger partial charge in [0.15, 0.2) is 11.6 Å². The van der Waals surface area contributed by atoms with Gasteiger partial charge in [-0.15, -0.1) is 0 Å². The molecular weight excluding hydrogens is 288 g/mol. The average molecular weight is 301 g/mol. The van der Waals surface area contributed by atoms with E-state index in [-0.39, 0.29) is 18.9 Å². The second kappa shape index (κ2) is 7.18. The van der Waals surface area contributed by atoms with E-state index in [4.69, 9.17) is 5.26 Å². The third kappa shape index (κ3) is 4.28. The van der Waals surface area contributed by atoms with Crippen molar-refractivity contribution in [2.24, 2.45) is 0 Å². The minimum absolute atomic E-state index is 0.149. The first-order chi connectivity index (χ1) is 10.6. The molecule has 2 aromatic carbocycles. The van der Waals surface area contributed by atoms with Gasteiger partial charge in [-0.05, 0) is 36.4 Å². The quantitative estimate of drug-likeness (QED) is 0.890. The molecule has 1 amide bonds. The standard InChI is InChI=1S/C16H13F2N3O/c17-14-5-4-12(9-15(14)18)20-7-6-16(22)21-13-3-1-2-11(8-13)10-19/h1-5,8-9,20H,6-7H2,(H,21,22). The van der Waals surface area contributed by atoms with Gasteiger partial charge in [0.05, 0.1) is 11.6 Å². The number of nitrogens with zero attached hydrogens (tertiary/aromatic N) is 1. The molecule has 4 nitrogen and oxygen atoms in total. The van der Waals surface area contributed by atoms with Crippen LogP contribution in [0.2, 0.25) is 0 Å². The molecule has 22 heavy (non-hydrogen) atoms. The molecule has 0 unspecified atom stereocenters. The van der Waals surface area contributed by atoms with Crippen molar-refractivity contribution in [1.29, 1.82) is 5.26 Å². The van der Waals surface area contributed by atoms with Gasteiger partial charge in [0.25, 0.3) is 0 Å². The Balaban J connectivity index is 1.82. The summed E-state index contributed by atoms with van der Waals surface area (Å²) in [6, 6.07) is 12.0. The SMILES string of the molecule is N#Cc1cccc(NC(=O)CCNc2ccc(F)c(F)c2)c1. The van der Waals surface area contributed by atoms with Crippen LogP contribution in [-0.4, -0.2) is 12.5 Å².